The molecule has 0 aromatic heterocycles. The summed E-state index contributed by atoms with van der Waals surface area (Å²) < 4.78 is 0. The molecule has 0 amide bonds. The first-order valence-corrected chi connectivity index (χ1v) is 10.8. The quantitative estimate of drug-likeness (QED) is 0.381. The molecule has 2 rings (SSSR count). The van der Waals surface area contributed by atoms with E-state index in [0.717, 1.165) is 5.92 Å². The maximum absolute atomic E-state index is 2.53. The standard InChI is InChI=1S/C24H40/c1-4-6-8-9-10-11-21-12-14-22(15-13-21)23-16-19-24(3,20-17-23)18-7-5-2/h12-15,23H,4-11,16-20H2,1-3H3/t23-,24+. The summed E-state index contributed by atoms with van der Waals surface area (Å²) in [6.07, 6.45) is 18.0. The van der Waals surface area contributed by atoms with Crippen LogP contribution in [0.1, 0.15) is 115 Å². The first kappa shape index (κ1) is 19.5. The van der Waals surface area contributed by atoms with Crippen LogP contribution in [0.25, 0.3) is 0 Å². The zero-order valence-corrected chi connectivity index (χ0v) is 16.6. The summed E-state index contributed by atoms with van der Waals surface area (Å²) >= 11 is 0. The van der Waals surface area contributed by atoms with Gasteiger partial charge in [-0.2, -0.15) is 0 Å². The third kappa shape index (κ3) is 6.26. The van der Waals surface area contributed by atoms with Crippen molar-refractivity contribution in [2.24, 2.45) is 5.41 Å². The molecule has 0 bridgehead atoms. The summed E-state index contributed by atoms with van der Waals surface area (Å²) in [4.78, 5) is 0. The minimum absolute atomic E-state index is 0.630. The maximum atomic E-state index is 2.53. The molecule has 0 heterocycles. The second-order valence-corrected chi connectivity index (χ2v) is 8.59. The van der Waals surface area contributed by atoms with Crippen molar-refractivity contribution in [3.05, 3.63) is 35.4 Å². The van der Waals surface area contributed by atoms with E-state index in [2.05, 4.69) is 45.0 Å². The fraction of sp³-hybridized carbons (Fsp3) is 0.750. The van der Waals surface area contributed by atoms with Gasteiger partial charge in [0.2, 0.25) is 0 Å². The molecule has 0 unspecified atom stereocenters. The molecule has 1 fully saturated rings. The highest BCUT2D eigenvalue weighted by atomic mass is 14.4. The largest absolute Gasteiger partial charge is 0.0654 e. The summed E-state index contributed by atoms with van der Waals surface area (Å²) in [7, 11) is 0. The molecule has 0 saturated heterocycles. The monoisotopic (exact) mass is 328 g/mol. The lowest BCUT2D eigenvalue weighted by molar-refractivity contribution is 0.179. The third-order valence-corrected chi connectivity index (χ3v) is 6.35. The van der Waals surface area contributed by atoms with Crippen LogP contribution >= 0.6 is 0 Å². The average Bonchev–Trinajstić information content (AvgIpc) is 2.61. The van der Waals surface area contributed by atoms with Gasteiger partial charge in [-0.25, -0.2) is 0 Å². The van der Waals surface area contributed by atoms with Crippen LogP contribution in [-0.4, -0.2) is 0 Å². The Morgan fingerprint density at radius 3 is 2.08 bits per heavy atom. The molecular formula is C24H40. The van der Waals surface area contributed by atoms with E-state index in [1.165, 1.54) is 83.5 Å². The number of benzene rings is 1. The van der Waals surface area contributed by atoms with E-state index in [-0.39, 0.29) is 0 Å². The molecule has 0 atom stereocenters. The summed E-state index contributed by atoms with van der Waals surface area (Å²) in [5.41, 5.74) is 3.77. The van der Waals surface area contributed by atoms with E-state index in [1.807, 2.05) is 0 Å². The highest BCUT2D eigenvalue weighted by molar-refractivity contribution is 5.26. The Bertz CT molecular complexity index is 434. The minimum Gasteiger partial charge on any atom is -0.0654 e. The molecule has 0 heteroatoms. The number of hydrogen-bond acceptors (Lipinski definition) is 0. The van der Waals surface area contributed by atoms with Crippen molar-refractivity contribution in [3.63, 3.8) is 0 Å². The van der Waals surface area contributed by atoms with Crippen molar-refractivity contribution in [2.75, 3.05) is 0 Å². The van der Waals surface area contributed by atoms with E-state index < -0.39 is 0 Å². The molecule has 1 aliphatic carbocycles. The van der Waals surface area contributed by atoms with Gasteiger partial charge < -0.3 is 0 Å². The lowest BCUT2D eigenvalue weighted by atomic mass is 9.68. The Morgan fingerprint density at radius 1 is 0.833 bits per heavy atom. The smallest absolute Gasteiger partial charge is 0.0162 e. The molecule has 1 aromatic carbocycles. The van der Waals surface area contributed by atoms with E-state index in [0.29, 0.717) is 5.41 Å². The molecular weight excluding hydrogens is 288 g/mol. The van der Waals surface area contributed by atoms with Crippen molar-refractivity contribution >= 4 is 0 Å². The number of hydrogen-bond donors (Lipinski definition) is 0. The van der Waals surface area contributed by atoms with Crippen molar-refractivity contribution in [1.82, 2.24) is 0 Å². The Labute approximate surface area is 151 Å². The highest BCUT2D eigenvalue weighted by Crippen LogP contribution is 2.45. The van der Waals surface area contributed by atoms with Crippen molar-refractivity contribution in [2.45, 2.75) is 110 Å². The van der Waals surface area contributed by atoms with Crippen molar-refractivity contribution < 1.29 is 0 Å². The fourth-order valence-corrected chi connectivity index (χ4v) is 4.39. The van der Waals surface area contributed by atoms with E-state index >= 15 is 0 Å². The highest BCUT2D eigenvalue weighted by Gasteiger charge is 2.30. The minimum atomic E-state index is 0.630. The second kappa shape index (κ2) is 10.3. The zero-order chi connectivity index (χ0) is 17.3. The number of unbranched alkanes of at least 4 members (excludes halogenated alkanes) is 5. The summed E-state index contributed by atoms with van der Waals surface area (Å²) in [6, 6.07) is 9.67. The molecule has 0 aliphatic heterocycles. The van der Waals surface area contributed by atoms with Crippen LogP contribution in [-0.2, 0) is 6.42 Å². The summed E-state index contributed by atoms with van der Waals surface area (Å²) in [5.74, 6) is 0.818. The van der Waals surface area contributed by atoms with Gasteiger partial charge in [0.05, 0.1) is 0 Å². The maximum Gasteiger partial charge on any atom is -0.0162 e. The Morgan fingerprint density at radius 2 is 1.46 bits per heavy atom. The van der Waals surface area contributed by atoms with E-state index in [1.54, 1.807) is 11.1 Å². The van der Waals surface area contributed by atoms with Crippen molar-refractivity contribution in [3.8, 4) is 0 Å². The van der Waals surface area contributed by atoms with Gasteiger partial charge in [0.25, 0.3) is 0 Å². The molecule has 1 saturated carbocycles. The SMILES string of the molecule is CCCCCCCc1ccc([C@H]2CC[C@@](C)(CCCC)CC2)cc1. The van der Waals surface area contributed by atoms with Gasteiger partial charge in [0, 0.05) is 0 Å². The van der Waals surface area contributed by atoms with Crippen LogP contribution in [0.5, 0.6) is 0 Å². The van der Waals surface area contributed by atoms with Gasteiger partial charge in [-0.15, -0.1) is 0 Å². The predicted molar refractivity (Wildman–Crippen MR) is 108 cm³/mol. The van der Waals surface area contributed by atoms with Crippen LogP contribution in [0.4, 0.5) is 0 Å². The van der Waals surface area contributed by atoms with Crippen LogP contribution in [0.15, 0.2) is 24.3 Å². The Kier molecular flexibility index (Phi) is 8.36. The summed E-state index contributed by atoms with van der Waals surface area (Å²) in [6.45, 7) is 7.14. The molecule has 136 valence electrons. The molecule has 1 aliphatic rings. The van der Waals surface area contributed by atoms with Gasteiger partial charge in [-0.05, 0) is 67.4 Å². The average molecular weight is 329 g/mol. The molecule has 0 nitrogen and oxygen atoms in total. The zero-order valence-electron chi connectivity index (χ0n) is 16.6. The van der Waals surface area contributed by atoms with Crippen molar-refractivity contribution in [1.29, 1.82) is 0 Å². The molecule has 0 N–H and O–H groups in total. The van der Waals surface area contributed by atoms with E-state index in [9.17, 15) is 0 Å². The van der Waals surface area contributed by atoms with Gasteiger partial charge in [-0.3, -0.25) is 0 Å². The van der Waals surface area contributed by atoms with Crippen LogP contribution < -0.4 is 0 Å². The van der Waals surface area contributed by atoms with E-state index in [4.69, 9.17) is 0 Å². The first-order chi connectivity index (χ1) is 11.7. The van der Waals surface area contributed by atoms with Gasteiger partial charge in [0.15, 0.2) is 0 Å². The first-order valence-electron chi connectivity index (χ1n) is 10.8. The lowest BCUT2D eigenvalue weighted by Gasteiger charge is -2.37. The number of rotatable bonds is 10. The topological polar surface area (TPSA) is 0 Å². The van der Waals surface area contributed by atoms with Gasteiger partial charge in [-0.1, -0.05) is 83.6 Å². The number of aryl methyl sites for hydroxylation is 1. The predicted octanol–water partition coefficient (Wildman–Crippen LogP) is 8.05. The normalized spacial score (nSPS) is 24.2. The van der Waals surface area contributed by atoms with Crippen LogP contribution in [0, 0.1) is 5.41 Å². The molecule has 0 radical (unpaired) electrons. The Hall–Kier alpha value is -0.780. The molecule has 1 aromatic rings. The van der Waals surface area contributed by atoms with Crippen LogP contribution in [0.3, 0.4) is 0 Å². The molecule has 0 spiro atoms. The third-order valence-electron chi connectivity index (χ3n) is 6.35. The van der Waals surface area contributed by atoms with Gasteiger partial charge in [0.1, 0.15) is 0 Å². The summed E-state index contributed by atoms with van der Waals surface area (Å²) in [5, 5.41) is 0. The van der Waals surface area contributed by atoms with Gasteiger partial charge >= 0.3 is 0 Å². The second-order valence-electron chi connectivity index (χ2n) is 8.59. The Balaban J connectivity index is 1.75. The fourth-order valence-electron chi connectivity index (χ4n) is 4.39. The lowest BCUT2D eigenvalue weighted by Crippen LogP contribution is -2.23. The van der Waals surface area contributed by atoms with Crippen LogP contribution in [0.2, 0.25) is 0 Å². The molecule has 24 heavy (non-hydrogen) atoms.